The maximum absolute atomic E-state index is 5.28. The molecule has 0 radical (unpaired) electrons. The molecule has 0 atom stereocenters. The Morgan fingerprint density at radius 2 is 1.08 bits per heavy atom. The van der Waals surface area contributed by atoms with Gasteiger partial charge in [0.1, 0.15) is 5.82 Å². The number of nitrogens with zero attached hydrogens (tertiary/aromatic N) is 3. The Labute approximate surface area is 291 Å². The fraction of sp³-hybridized carbons (Fsp3) is 0.0638. The summed E-state index contributed by atoms with van der Waals surface area (Å²) in [6.07, 6.45) is 0. The van der Waals surface area contributed by atoms with Crippen LogP contribution in [0, 0.1) is 0 Å². The molecule has 10 rings (SSSR count). The van der Waals surface area contributed by atoms with Gasteiger partial charge in [0.25, 0.3) is 0 Å². The number of rotatable bonds is 4. The first-order valence-electron chi connectivity index (χ1n) is 17.3. The van der Waals surface area contributed by atoms with Crippen LogP contribution in [-0.4, -0.2) is 14.5 Å². The smallest absolute Gasteiger partial charge is 0.145 e. The summed E-state index contributed by atoms with van der Waals surface area (Å²) in [5.41, 5.74) is 15.1. The third kappa shape index (κ3) is 4.23. The molecule has 0 fully saturated rings. The first-order chi connectivity index (χ1) is 24.6. The molecule has 0 saturated heterocycles. The molecule has 2 heterocycles. The van der Waals surface area contributed by atoms with E-state index in [1.807, 2.05) is 12.1 Å². The van der Waals surface area contributed by atoms with Gasteiger partial charge in [0.15, 0.2) is 0 Å². The summed E-state index contributed by atoms with van der Waals surface area (Å²) in [4.78, 5) is 10.3. The third-order valence-corrected chi connectivity index (χ3v) is 10.6. The molecule has 2 aromatic heterocycles. The summed E-state index contributed by atoms with van der Waals surface area (Å²) in [7, 11) is 0. The lowest BCUT2D eigenvalue weighted by atomic mass is 9.82. The van der Waals surface area contributed by atoms with E-state index in [2.05, 4.69) is 170 Å². The predicted molar refractivity (Wildman–Crippen MR) is 208 cm³/mol. The van der Waals surface area contributed by atoms with Crippen molar-refractivity contribution in [2.75, 3.05) is 0 Å². The number of pyridine rings is 1. The van der Waals surface area contributed by atoms with Crippen LogP contribution >= 0.6 is 0 Å². The van der Waals surface area contributed by atoms with E-state index in [0.717, 1.165) is 50.4 Å². The highest BCUT2D eigenvalue weighted by molar-refractivity contribution is 6.19. The number of imidazole rings is 1. The molecule has 0 unspecified atom stereocenters. The van der Waals surface area contributed by atoms with Crippen molar-refractivity contribution in [1.29, 1.82) is 0 Å². The van der Waals surface area contributed by atoms with Crippen LogP contribution in [0.3, 0.4) is 0 Å². The largest absolute Gasteiger partial charge is 0.292 e. The van der Waals surface area contributed by atoms with Gasteiger partial charge >= 0.3 is 0 Å². The van der Waals surface area contributed by atoms with Crippen molar-refractivity contribution in [3.8, 4) is 50.6 Å². The minimum absolute atomic E-state index is 0.0595. The van der Waals surface area contributed by atoms with Crippen molar-refractivity contribution in [2.24, 2.45) is 0 Å². The molecule has 50 heavy (non-hydrogen) atoms. The van der Waals surface area contributed by atoms with E-state index in [9.17, 15) is 0 Å². The number of hydrogen-bond acceptors (Lipinski definition) is 2. The molecule has 3 nitrogen and oxygen atoms in total. The summed E-state index contributed by atoms with van der Waals surface area (Å²) in [6, 6.07) is 58.6. The monoisotopic (exact) mass is 639 g/mol. The van der Waals surface area contributed by atoms with Crippen molar-refractivity contribution in [3.63, 3.8) is 0 Å². The fourth-order valence-electron chi connectivity index (χ4n) is 8.15. The fourth-order valence-corrected chi connectivity index (χ4v) is 8.15. The second-order valence-electron chi connectivity index (χ2n) is 13.8. The molecule has 1 aliphatic rings. The van der Waals surface area contributed by atoms with Crippen LogP contribution in [0.15, 0.2) is 164 Å². The van der Waals surface area contributed by atoms with E-state index in [4.69, 9.17) is 9.97 Å². The van der Waals surface area contributed by atoms with Gasteiger partial charge in [-0.15, -0.1) is 0 Å². The van der Waals surface area contributed by atoms with Crippen LogP contribution in [0.2, 0.25) is 0 Å². The van der Waals surface area contributed by atoms with Crippen molar-refractivity contribution in [3.05, 3.63) is 175 Å². The zero-order chi connectivity index (χ0) is 33.4. The van der Waals surface area contributed by atoms with Gasteiger partial charge in [-0.25, -0.2) is 9.97 Å². The van der Waals surface area contributed by atoms with E-state index >= 15 is 0 Å². The van der Waals surface area contributed by atoms with Crippen LogP contribution in [-0.2, 0) is 5.41 Å². The van der Waals surface area contributed by atoms with E-state index in [1.165, 1.54) is 44.0 Å². The molecule has 0 bridgehead atoms. The molecule has 3 heteroatoms. The van der Waals surface area contributed by atoms with Crippen molar-refractivity contribution in [1.82, 2.24) is 14.5 Å². The SMILES string of the molecule is CC1(C)c2ccccc2-c2c1ccc1c(-c3ccc(-c4ccc(-c5nc6ccccc6n5-c5ccccc5)cc4)cc3)nc3ccccc3c21. The van der Waals surface area contributed by atoms with Gasteiger partial charge in [0.2, 0.25) is 0 Å². The summed E-state index contributed by atoms with van der Waals surface area (Å²) in [5.74, 6) is 0.936. The maximum atomic E-state index is 5.28. The summed E-state index contributed by atoms with van der Waals surface area (Å²) >= 11 is 0. The Bertz CT molecular complexity index is 2750. The normalized spacial score (nSPS) is 13.2. The van der Waals surface area contributed by atoms with Crippen LogP contribution in [0.5, 0.6) is 0 Å². The van der Waals surface area contributed by atoms with Crippen LogP contribution in [0.25, 0.3) is 83.3 Å². The average Bonchev–Trinajstić information content (AvgIpc) is 3.68. The molecule has 0 spiro atoms. The van der Waals surface area contributed by atoms with Crippen LogP contribution < -0.4 is 0 Å². The summed E-state index contributed by atoms with van der Waals surface area (Å²) in [6.45, 7) is 4.69. The lowest BCUT2D eigenvalue weighted by Gasteiger charge is -2.22. The molecular formula is C47H33N3. The van der Waals surface area contributed by atoms with Crippen molar-refractivity contribution >= 4 is 32.7 Å². The molecular weight excluding hydrogens is 607 g/mol. The topological polar surface area (TPSA) is 30.7 Å². The van der Waals surface area contributed by atoms with Gasteiger partial charge in [0.05, 0.1) is 22.2 Å². The molecule has 0 N–H and O–H groups in total. The van der Waals surface area contributed by atoms with Crippen LogP contribution in [0.4, 0.5) is 0 Å². The Morgan fingerprint density at radius 3 is 1.86 bits per heavy atom. The van der Waals surface area contributed by atoms with Gasteiger partial charge in [0, 0.05) is 38.4 Å². The Morgan fingerprint density at radius 1 is 0.460 bits per heavy atom. The Balaban J connectivity index is 1.06. The molecule has 236 valence electrons. The first-order valence-corrected chi connectivity index (χ1v) is 17.3. The molecule has 7 aromatic carbocycles. The van der Waals surface area contributed by atoms with E-state index in [-0.39, 0.29) is 5.41 Å². The number of fused-ring (bicyclic) bond motifs is 8. The first kappa shape index (κ1) is 28.7. The van der Waals surface area contributed by atoms with Crippen molar-refractivity contribution < 1.29 is 0 Å². The molecule has 0 saturated carbocycles. The minimum atomic E-state index is -0.0595. The lowest BCUT2D eigenvalue weighted by molar-refractivity contribution is 0.661. The summed E-state index contributed by atoms with van der Waals surface area (Å²) < 4.78 is 2.25. The average molecular weight is 640 g/mol. The quantitative estimate of drug-likeness (QED) is 0.179. The van der Waals surface area contributed by atoms with Gasteiger partial charge in [-0.05, 0) is 63.7 Å². The van der Waals surface area contributed by atoms with Gasteiger partial charge < -0.3 is 0 Å². The number of aromatic nitrogens is 3. The van der Waals surface area contributed by atoms with Crippen LogP contribution in [0.1, 0.15) is 25.0 Å². The molecule has 1 aliphatic carbocycles. The molecule has 9 aromatic rings. The number of benzene rings is 7. The predicted octanol–water partition coefficient (Wildman–Crippen LogP) is 12.0. The zero-order valence-corrected chi connectivity index (χ0v) is 27.9. The van der Waals surface area contributed by atoms with E-state index < -0.39 is 0 Å². The highest BCUT2D eigenvalue weighted by Crippen LogP contribution is 2.53. The van der Waals surface area contributed by atoms with Gasteiger partial charge in [-0.1, -0.05) is 147 Å². The molecule has 0 aliphatic heterocycles. The second kappa shape index (κ2) is 10.8. The second-order valence-corrected chi connectivity index (χ2v) is 13.8. The standard InChI is InChI=1S/C47H33N3/c1-47(2)38-16-8-6-14-35(38)44-39(47)29-28-37-43(44)36-15-7-9-17-40(36)48-45(37)32-24-20-30(21-25-32)31-22-26-33(27-23-31)46-49-41-18-10-11-19-42(41)50(46)34-12-4-3-5-13-34/h3-29H,1-2H3. The van der Waals surface area contributed by atoms with Gasteiger partial charge in [-0.3, -0.25) is 4.57 Å². The lowest BCUT2D eigenvalue weighted by Crippen LogP contribution is -2.14. The number of hydrogen-bond donors (Lipinski definition) is 0. The highest BCUT2D eigenvalue weighted by Gasteiger charge is 2.36. The maximum Gasteiger partial charge on any atom is 0.145 e. The Hall–Kier alpha value is -6.32. The number of para-hydroxylation sites is 4. The van der Waals surface area contributed by atoms with E-state index in [1.54, 1.807) is 0 Å². The third-order valence-electron chi connectivity index (χ3n) is 10.6. The Kier molecular flexibility index (Phi) is 6.22. The highest BCUT2D eigenvalue weighted by atomic mass is 15.1. The van der Waals surface area contributed by atoms with Gasteiger partial charge in [-0.2, -0.15) is 0 Å². The molecule has 0 amide bonds. The van der Waals surface area contributed by atoms with E-state index in [0.29, 0.717) is 0 Å². The minimum Gasteiger partial charge on any atom is -0.292 e. The summed E-state index contributed by atoms with van der Waals surface area (Å²) in [5, 5.41) is 3.68. The van der Waals surface area contributed by atoms with Crippen molar-refractivity contribution in [2.45, 2.75) is 19.3 Å². The zero-order valence-electron chi connectivity index (χ0n) is 27.9.